The number of aromatic nitrogens is 2. The molecule has 0 bridgehead atoms. The quantitative estimate of drug-likeness (QED) is 0.842. The van der Waals surface area contributed by atoms with Crippen LogP contribution in [0, 0.1) is 0 Å². The Labute approximate surface area is 145 Å². The van der Waals surface area contributed by atoms with Gasteiger partial charge in [-0.05, 0) is 37.6 Å². The lowest BCUT2D eigenvalue weighted by molar-refractivity contribution is 0.0517. The molecule has 0 spiro atoms. The second-order valence-electron chi connectivity index (χ2n) is 5.76. The van der Waals surface area contributed by atoms with Crippen LogP contribution in [0.15, 0.2) is 24.3 Å². The van der Waals surface area contributed by atoms with Gasteiger partial charge in [-0.25, -0.2) is 9.48 Å². The summed E-state index contributed by atoms with van der Waals surface area (Å²) in [4.78, 5) is 24.9. The normalized spacial score (nSPS) is 16.1. The summed E-state index contributed by atoms with van der Waals surface area (Å²) < 4.78 is 11.8. The van der Waals surface area contributed by atoms with Crippen LogP contribution in [0.4, 0.5) is 0 Å². The van der Waals surface area contributed by atoms with Gasteiger partial charge >= 0.3 is 5.97 Å². The highest BCUT2D eigenvalue weighted by atomic mass is 16.5. The SMILES string of the molecule is CCOC(=O)c1nn(-c2ccc(OC)cc2)c2c1C(CC)CNC2=O. The molecule has 2 heterocycles. The van der Waals surface area contributed by atoms with Gasteiger partial charge < -0.3 is 14.8 Å². The van der Waals surface area contributed by atoms with Crippen molar-refractivity contribution in [3.05, 3.63) is 41.2 Å². The number of carbonyl (C=O) groups excluding carboxylic acids is 2. The van der Waals surface area contributed by atoms with E-state index in [4.69, 9.17) is 9.47 Å². The first-order chi connectivity index (χ1) is 12.1. The summed E-state index contributed by atoms with van der Waals surface area (Å²) in [6, 6.07) is 7.16. The third-order valence-electron chi connectivity index (χ3n) is 4.33. The van der Waals surface area contributed by atoms with Crippen LogP contribution in [0.3, 0.4) is 0 Å². The second-order valence-corrected chi connectivity index (χ2v) is 5.76. The summed E-state index contributed by atoms with van der Waals surface area (Å²) in [6.45, 7) is 4.51. The minimum Gasteiger partial charge on any atom is -0.497 e. The predicted octanol–water partition coefficient (Wildman–Crippen LogP) is 2.29. The average Bonchev–Trinajstić information content (AvgIpc) is 3.04. The highest BCUT2D eigenvalue weighted by molar-refractivity contribution is 6.00. The van der Waals surface area contributed by atoms with E-state index < -0.39 is 5.97 Å². The zero-order chi connectivity index (χ0) is 18.0. The number of nitrogens with one attached hydrogen (secondary N) is 1. The van der Waals surface area contributed by atoms with Crippen LogP contribution < -0.4 is 10.1 Å². The molecule has 1 aliphatic rings. The van der Waals surface area contributed by atoms with E-state index in [-0.39, 0.29) is 24.1 Å². The third kappa shape index (κ3) is 2.97. The number of rotatable bonds is 5. The maximum Gasteiger partial charge on any atom is 0.359 e. The third-order valence-corrected chi connectivity index (χ3v) is 4.33. The predicted molar refractivity (Wildman–Crippen MR) is 91.4 cm³/mol. The summed E-state index contributed by atoms with van der Waals surface area (Å²) in [5, 5.41) is 7.30. The van der Waals surface area contributed by atoms with Crippen molar-refractivity contribution in [1.82, 2.24) is 15.1 Å². The first-order valence-corrected chi connectivity index (χ1v) is 8.33. The Morgan fingerprint density at radius 2 is 2.04 bits per heavy atom. The standard InChI is InChI=1S/C18H21N3O4/c1-4-11-10-19-17(22)16-14(11)15(18(23)25-5-2)20-21(16)12-6-8-13(24-3)9-7-12/h6-9,11H,4-5,10H2,1-3H3,(H,19,22). The van der Waals surface area contributed by atoms with Crippen molar-refractivity contribution < 1.29 is 19.1 Å². The molecule has 132 valence electrons. The summed E-state index contributed by atoms with van der Waals surface area (Å²) in [7, 11) is 1.59. The Balaban J connectivity index is 2.18. The van der Waals surface area contributed by atoms with E-state index in [1.807, 2.05) is 6.92 Å². The van der Waals surface area contributed by atoms with Gasteiger partial charge in [0.2, 0.25) is 0 Å². The fourth-order valence-corrected chi connectivity index (χ4v) is 3.05. The Morgan fingerprint density at radius 3 is 2.64 bits per heavy atom. The number of hydrogen-bond acceptors (Lipinski definition) is 5. The van der Waals surface area contributed by atoms with Crippen LogP contribution in [0.25, 0.3) is 5.69 Å². The fourth-order valence-electron chi connectivity index (χ4n) is 3.05. The molecular formula is C18H21N3O4. The number of esters is 1. The maximum absolute atomic E-state index is 12.5. The Morgan fingerprint density at radius 1 is 1.32 bits per heavy atom. The van der Waals surface area contributed by atoms with Crippen LogP contribution in [0.1, 0.15) is 52.7 Å². The molecule has 0 radical (unpaired) electrons. The fraction of sp³-hybridized carbons (Fsp3) is 0.389. The number of hydrogen-bond donors (Lipinski definition) is 1. The molecule has 1 aliphatic heterocycles. The van der Waals surface area contributed by atoms with Crippen molar-refractivity contribution in [2.24, 2.45) is 0 Å². The van der Waals surface area contributed by atoms with E-state index >= 15 is 0 Å². The van der Waals surface area contributed by atoms with Gasteiger partial charge in [0, 0.05) is 18.0 Å². The molecule has 1 amide bonds. The van der Waals surface area contributed by atoms with Crippen LogP contribution in [-0.2, 0) is 4.74 Å². The van der Waals surface area contributed by atoms with Crippen LogP contribution >= 0.6 is 0 Å². The van der Waals surface area contributed by atoms with Crippen LogP contribution in [0.5, 0.6) is 5.75 Å². The van der Waals surface area contributed by atoms with Crippen molar-refractivity contribution in [3.8, 4) is 11.4 Å². The van der Waals surface area contributed by atoms with Crippen molar-refractivity contribution in [3.63, 3.8) is 0 Å². The lowest BCUT2D eigenvalue weighted by Crippen LogP contribution is -2.36. The number of ether oxygens (including phenoxy) is 2. The maximum atomic E-state index is 12.5. The number of carbonyl (C=O) groups is 2. The molecule has 3 rings (SSSR count). The molecule has 1 aromatic heterocycles. The molecule has 2 aromatic rings. The second kappa shape index (κ2) is 6.96. The van der Waals surface area contributed by atoms with Crippen molar-refractivity contribution in [1.29, 1.82) is 0 Å². The topological polar surface area (TPSA) is 82.4 Å². The van der Waals surface area contributed by atoms with Crippen LogP contribution in [0.2, 0.25) is 0 Å². The highest BCUT2D eigenvalue weighted by Gasteiger charge is 2.35. The van der Waals surface area contributed by atoms with Crippen molar-refractivity contribution in [2.45, 2.75) is 26.2 Å². The van der Waals surface area contributed by atoms with E-state index in [9.17, 15) is 9.59 Å². The number of benzene rings is 1. The smallest absolute Gasteiger partial charge is 0.359 e. The molecule has 0 aliphatic carbocycles. The Hall–Kier alpha value is -2.83. The Bertz CT molecular complexity index is 795. The highest BCUT2D eigenvalue weighted by Crippen LogP contribution is 2.32. The van der Waals surface area contributed by atoms with Gasteiger partial charge in [-0.15, -0.1) is 0 Å². The zero-order valence-corrected chi connectivity index (χ0v) is 14.5. The van der Waals surface area contributed by atoms with Crippen molar-refractivity contribution >= 4 is 11.9 Å². The number of methoxy groups -OCH3 is 1. The van der Waals surface area contributed by atoms with E-state index in [1.54, 1.807) is 38.3 Å². The first-order valence-electron chi connectivity index (χ1n) is 8.33. The molecule has 1 N–H and O–H groups in total. The monoisotopic (exact) mass is 343 g/mol. The van der Waals surface area contributed by atoms with E-state index in [1.165, 1.54) is 4.68 Å². The number of amides is 1. The van der Waals surface area contributed by atoms with E-state index in [0.717, 1.165) is 6.42 Å². The van der Waals surface area contributed by atoms with Crippen molar-refractivity contribution in [2.75, 3.05) is 20.3 Å². The molecule has 0 fully saturated rings. The summed E-state index contributed by atoms with van der Waals surface area (Å²) >= 11 is 0. The van der Waals surface area contributed by atoms with Gasteiger partial charge in [0.1, 0.15) is 11.4 Å². The molecule has 0 saturated heterocycles. The minimum absolute atomic E-state index is 0.0269. The van der Waals surface area contributed by atoms with Gasteiger partial charge in [0.15, 0.2) is 5.69 Å². The number of nitrogens with zero attached hydrogens (tertiary/aromatic N) is 2. The lowest BCUT2D eigenvalue weighted by Gasteiger charge is -2.23. The summed E-state index contributed by atoms with van der Waals surface area (Å²) in [5.74, 6) is -0.0110. The van der Waals surface area contributed by atoms with Crippen LogP contribution in [-0.4, -0.2) is 41.9 Å². The molecule has 25 heavy (non-hydrogen) atoms. The number of fused-ring (bicyclic) bond motifs is 1. The largest absolute Gasteiger partial charge is 0.497 e. The molecule has 7 nitrogen and oxygen atoms in total. The zero-order valence-electron chi connectivity index (χ0n) is 14.5. The van der Waals surface area contributed by atoms with Gasteiger partial charge in [-0.3, -0.25) is 4.79 Å². The first kappa shape index (κ1) is 17.0. The van der Waals surface area contributed by atoms with Gasteiger partial charge in [0.25, 0.3) is 5.91 Å². The van der Waals surface area contributed by atoms with Gasteiger partial charge in [0.05, 0.1) is 19.4 Å². The lowest BCUT2D eigenvalue weighted by atomic mass is 9.90. The Kier molecular flexibility index (Phi) is 4.74. The molecule has 0 saturated carbocycles. The molecule has 1 atom stereocenters. The van der Waals surface area contributed by atoms with Gasteiger partial charge in [-0.2, -0.15) is 5.10 Å². The van der Waals surface area contributed by atoms with E-state index in [0.29, 0.717) is 29.2 Å². The molecule has 1 unspecified atom stereocenters. The van der Waals surface area contributed by atoms with E-state index in [2.05, 4.69) is 10.4 Å². The minimum atomic E-state index is -0.501. The molecular weight excluding hydrogens is 322 g/mol. The summed E-state index contributed by atoms with van der Waals surface area (Å²) in [5.41, 5.74) is 1.96. The molecule has 1 aromatic carbocycles. The molecule has 7 heteroatoms. The van der Waals surface area contributed by atoms with Gasteiger partial charge in [-0.1, -0.05) is 6.92 Å². The summed E-state index contributed by atoms with van der Waals surface area (Å²) in [6.07, 6.45) is 0.786. The average molecular weight is 343 g/mol.